The molecule has 176 valence electrons. The van der Waals surface area contributed by atoms with Crippen molar-refractivity contribution in [3.8, 4) is 0 Å². The van der Waals surface area contributed by atoms with Gasteiger partial charge in [-0.15, -0.1) is 0 Å². The summed E-state index contributed by atoms with van der Waals surface area (Å²) in [6, 6.07) is 17.6. The third-order valence-electron chi connectivity index (χ3n) is 5.49. The highest BCUT2D eigenvalue weighted by atomic mass is 35.5. The number of rotatable bonds is 7. The number of para-hydroxylation sites is 1. The van der Waals surface area contributed by atoms with Crippen molar-refractivity contribution in [2.45, 2.75) is 24.7 Å². The number of halogens is 2. The van der Waals surface area contributed by atoms with Crippen LogP contribution in [0.1, 0.15) is 30.1 Å². The summed E-state index contributed by atoms with van der Waals surface area (Å²) in [7, 11) is -3.36. The molecule has 0 aliphatic heterocycles. The van der Waals surface area contributed by atoms with E-state index in [1.165, 1.54) is 24.0 Å². The van der Waals surface area contributed by atoms with Crippen LogP contribution in [0.15, 0.2) is 71.6 Å². The van der Waals surface area contributed by atoms with Gasteiger partial charge in [0.15, 0.2) is 9.84 Å². The van der Waals surface area contributed by atoms with E-state index in [0.717, 1.165) is 12.8 Å². The number of hydrogen-bond acceptors (Lipinski definition) is 4. The first-order valence-corrected chi connectivity index (χ1v) is 13.1. The first-order chi connectivity index (χ1) is 16.2. The molecule has 0 radical (unpaired) electrons. The summed E-state index contributed by atoms with van der Waals surface area (Å²) >= 11 is 12.3. The minimum Gasteiger partial charge on any atom is -0.319 e. The van der Waals surface area contributed by atoms with Crippen molar-refractivity contribution < 1.29 is 18.0 Å². The van der Waals surface area contributed by atoms with Gasteiger partial charge in [-0.25, -0.2) is 8.42 Å². The maximum Gasteiger partial charge on any atom is 0.255 e. The van der Waals surface area contributed by atoms with Crippen molar-refractivity contribution >= 4 is 61.9 Å². The molecule has 34 heavy (non-hydrogen) atoms. The highest BCUT2D eigenvalue weighted by Gasteiger charge is 2.29. The normalized spacial score (nSPS) is 13.4. The molecule has 0 unspecified atom stereocenters. The summed E-state index contributed by atoms with van der Waals surface area (Å²) < 4.78 is 25.1. The van der Waals surface area contributed by atoms with Gasteiger partial charge >= 0.3 is 0 Å². The molecule has 0 heterocycles. The number of nitrogens with one attached hydrogen (secondary N) is 1. The monoisotopic (exact) mass is 516 g/mol. The molecule has 3 aromatic rings. The van der Waals surface area contributed by atoms with E-state index in [9.17, 15) is 18.0 Å². The van der Waals surface area contributed by atoms with E-state index in [1.807, 2.05) is 0 Å². The SMILES string of the molecule is CC(=O)N(c1ccc(S(=O)(=O)CC2CC2)cc1)c1cccc(C(=O)Nc2c(Cl)cccc2Cl)c1. The molecule has 1 fully saturated rings. The molecule has 0 saturated heterocycles. The zero-order valence-electron chi connectivity index (χ0n) is 18.3. The molecule has 1 N–H and O–H groups in total. The summed E-state index contributed by atoms with van der Waals surface area (Å²) in [5.74, 6) is -0.342. The Balaban J connectivity index is 1.60. The zero-order chi connectivity index (χ0) is 24.5. The number of carbonyl (C=O) groups excluding carboxylic acids is 2. The van der Waals surface area contributed by atoms with Crippen LogP contribution in [0.2, 0.25) is 10.0 Å². The molecule has 3 aromatic carbocycles. The lowest BCUT2D eigenvalue weighted by atomic mass is 10.1. The van der Waals surface area contributed by atoms with E-state index in [-0.39, 0.29) is 22.5 Å². The van der Waals surface area contributed by atoms with Crippen LogP contribution in [-0.4, -0.2) is 26.0 Å². The molecule has 2 amide bonds. The minimum atomic E-state index is -3.36. The predicted molar refractivity (Wildman–Crippen MR) is 135 cm³/mol. The number of sulfone groups is 1. The summed E-state index contributed by atoms with van der Waals surface area (Å²) in [6.07, 6.45) is 1.89. The molecule has 0 bridgehead atoms. The average Bonchev–Trinajstić information content (AvgIpc) is 3.60. The van der Waals surface area contributed by atoms with Crippen molar-refractivity contribution in [1.29, 1.82) is 0 Å². The lowest BCUT2D eigenvalue weighted by molar-refractivity contribution is -0.115. The van der Waals surface area contributed by atoms with Gasteiger partial charge in [-0.05, 0) is 73.4 Å². The molecule has 0 aromatic heterocycles. The first kappa shape index (κ1) is 24.3. The van der Waals surface area contributed by atoms with Gasteiger partial charge < -0.3 is 5.32 Å². The van der Waals surface area contributed by atoms with Crippen molar-refractivity contribution in [1.82, 2.24) is 0 Å². The lowest BCUT2D eigenvalue weighted by Gasteiger charge is -2.22. The van der Waals surface area contributed by atoms with Gasteiger partial charge in [0.25, 0.3) is 5.91 Å². The number of nitrogens with zero attached hydrogens (tertiary/aromatic N) is 1. The molecule has 1 aliphatic rings. The first-order valence-electron chi connectivity index (χ1n) is 10.6. The summed E-state index contributed by atoms with van der Waals surface area (Å²) in [4.78, 5) is 27.0. The van der Waals surface area contributed by atoms with E-state index in [4.69, 9.17) is 23.2 Å². The van der Waals surface area contributed by atoms with E-state index >= 15 is 0 Å². The summed E-state index contributed by atoms with van der Waals surface area (Å²) in [6.45, 7) is 1.40. The van der Waals surface area contributed by atoms with Crippen LogP contribution < -0.4 is 10.2 Å². The Kier molecular flexibility index (Phi) is 6.98. The Bertz CT molecular complexity index is 1330. The van der Waals surface area contributed by atoms with Gasteiger partial charge in [-0.3, -0.25) is 14.5 Å². The molecule has 6 nitrogen and oxygen atoms in total. The highest BCUT2D eigenvalue weighted by molar-refractivity contribution is 7.91. The molecule has 9 heteroatoms. The summed E-state index contributed by atoms with van der Waals surface area (Å²) in [5, 5.41) is 3.31. The highest BCUT2D eigenvalue weighted by Crippen LogP contribution is 2.34. The predicted octanol–water partition coefficient (Wildman–Crippen LogP) is 6.11. The molecule has 0 spiro atoms. The molecule has 0 atom stereocenters. The molecule has 1 aliphatic carbocycles. The van der Waals surface area contributed by atoms with Crippen LogP contribution in [0.3, 0.4) is 0 Å². The van der Waals surface area contributed by atoms with Crippen LogP contribution in [0.5, 0.6) is 0 Å². The number of hydrogen-bond donors (Lipinski definition) is 1. The topological polar surface area (TPSA) is 83.6 Å². The van der Waals surface area contributed by atoms with Gasteiger partial charge in [0.2, 0.25) is 5.91 Å². The zero-order valence-corrected chi connectivity index (χ0v) is 20.6. The molecular weight excluding hydrogens is 495 g/mol. The van der Waals surface area contributed by atoms with E-state index in [2.05, 4.69) is 5.32 Å². The van der Waals surface area contributed by atoms with Crippen LogP contribution in [-0.2, 0) is 14.6 Å². The van der Waals surface area contributed by atoms with Gasteiger partial charge in [-0.2, -0.15) is 0 Å². The Morgan fingerprint density at radius 3 is 2.15 bits per heavy atom. The second-order valence-corrected chi connectivity index (χ2v) is 11.0. The van der Waals surface area contributed by atoms with Crippen molar-refractivity contribution in [2.24, 2.45) is 5.92 Å². The van der Waals surface area contributed by atoms with E-state index < -0.39 is 15.7 Å². The minimum absolute atomic E-state index is 0.148. The summed E-state index contributed by atoms with van der Waals surface area (Å²) in [5.41, 5.74) is 1.54. The van der Waals surface area contributed by atoms with Crippen molar-refractivity contribution in [3.05, 3.63) is 82.3 Å². The van der Waals surface area contributed by atoms with E-state index in [0.29, 0.717) is 32.7 Å². The smallest absolute Gasteiger partial charge is 0.255 e. The van der Waals surface area contributed by atoms with Gasteiger partial charge in [0.1, 0.15) is 0 Å². The van der Waals surface area contributed by atoms with Gasteiger partial charge in [-0.1, -0.05) is 35.3 Å². The van der Waals surface area contributed by atoms with Gasteiger partial charge in [0, 0.05) is 23.9 Å². The number of benzene rings is 3. The Morgan fingerprint density at radius 2 is 1.56 bits per heavy atom. The number of anilines is 3. The second-order valence-electron chi connectivity index (χ2n) is 8.17. The quantitative estimate of drug-likeness (QED) is 0.410. The van der Waals surface area contributed by atoms with Crippen LogP contribution in [0, 0.1) is 5.92 Å². The number of amides is 2. The molecule has 4 rings (SSSR count). The largest absolute Gasteiger partial charge is 0.319 e. The van der Waals surface area contributed by atoms with Crippen LogP contribution >= 0.6 is 23.2 Å². The number of carbonyl (C=O) groups is 2. The van der Waals surface area contributed by atoms with Crippen molar-refractivity contribution in [2.75, 3.05) is 16.0 Å². The molecular formula is C25H22Cl2N2O4S. The average molecular weight is 517 g/mol. The Hall–Kier alpha value is -2.87. The Morgan fingerprint density at radius 1 is 0.941 bits per heavy atom. The lowest BCUT2D eigenvalue weighted by Crippen LogP contribution is -2.23. The van der Waals surface area contributed by atoms with Gasteiger partial charge in [0.05, 0.1) is 26.4 Å². The van der Waals surface area contributed by atoms with Crippen molar-refractivity contribution in [3.63, 3.8) is 0 Å². The third-order valence-corrected chi connectivity index (χ3v) is 8.02. The molecule has 1 saturated carbocycles. The second kappa shape index (κ2) is 9.78. The fraction of sp³-hybridized carbons (Fsp3) is 0.200. The maximum absolute atomic E-state index is 12.8. The standard InChI is InChI=1S/C25H22Cl2N2O4S/c1-16(30)29(19-10-12-21(13-11-19)34(32,33)15-17-8-9-17)20-5-2-4-18(14-20)25(31)28-24-22(26)6-3-7-23(24)27/h2-7,10-14,17H,8-9,15H2,1H3,(H,28,31). The van der Waals surface area contributed by atoms with Crippen LogP contribution in [0.25, 0.3) is 0 Å². The Labute approximate surface area is 208 Å². The van der Waals surface area contributed by atoms with E-state index in [1.54, 1.807) is 54.6 Å². The fourth-order valence-electron chi connectivity index (χ4n) is 3.60. The maximum atomic E-state index is 12.8. The van der Waals surface area contributed by atoms with Crippen LogP contribution in [0.4, 0.5) is 17.1 Å². The third kappa shape index (κ3) is 5.43. The fourth-order valence-corrected chi connectivity index (χ4v) is 5.78.